The highest BCUT2D eigenvalue weighted by Crippen LogP contribution is 2.24. The minimum absolute atomic E-state index is 0.0771. The highest BCUT2D eigenvalue weighted by molar-refractivity contribution is 7.92. The van der Waals surface area contributed by atoms with Gasteiger partial charge < -0.3 is 15.0 Å². The van der Waals surface area contributed by atoms with Crippen LogP contribution in [-0.2, 0) is 26.2 Å². The lowest BCUT2D eigenvalue weighted by atomic mass is 9.95. The van der Waals surface area contributed by atoms with Gasteiger partial charge in [-0.2, -0.15) is 0 Å². The number of ether oxygens (including phenoxy) is 1. The van der Waals surface area contributed by atoms with Gasteiger partial charge in [-0.1, -0.05) is 49.1 Å². The first-order valence-electron chi connectivity index (χ1n) is 13.0. The number of sulfonamides is 1. The van der Waals surface area contributed by atoms with Crippen LogP contribution in [0.5, 0.6) is 5.75 Å². The second-order valence-electron chi connectivity index (χ2n) is 9.77. The molecular weight excluding hydrogens is 526 g/mol. The van der Waals surface area contributed by atoms with Gasteiger partial charge >= 0.3 is 0 Å². The fraction of sp³-hybridized carbons (Fsp3) is 0.500. The lowest BCUT2D eigenvalue weighted by molar-refractivity contribution is -0.141. The van der Waals surface area contributed by atoms with E-state index in [9.17, 15) is 18.0 Å². The van der Waals surface area contributed by atoms with E-state index in [-0.39, 0.29) is 43.8 Å². The summed E-state index contributed by atoms with van der Waals surface area (Å²) in [6, 6.07) is 13.4. The topological polar surface area (TPSA) is 96.0 Å². The van der Waals surface area contributed by atoms with Crippen LogP contribution in [-0.4, -0.2) is 57.1 Å². The Labute approximate surface area is 231 Å². The van der Waals surface area contributed by atoms with Crippen molar-refractivity contribution in [2.75, 3.05) is 24.2 Å². The van der Waals surface area contributed by atoms with E-state index in [2.05, 4.69) is 5.32 Å². The molecule has 208 valence electrons. The SMILES string of the molecule is COc1ccc(N(CCCC(=O)N(Cc2ccccc2Cl)[C@@H](C)C(=O)NC2CCCCC2)S(C)(=O)=O)cc1. The summed E-state index contributed by atoms with van der Waals surface area (Å²) in [6.45, 7) is 2.04. The van der Waals surface area contributed by atoms with Crippen LogP contribution in [0.1, 0.15) is 57.4 Å². The van der Waals surface area contributed by atoms with E-state index in [4.69, 9.17) is 16.3 Å². The Hall–Kier alpha value is -2.78. The largest absolute Gasteiger partial charge is 0.497 e. The van der Waals surface area contributed by atoms with Crippen LogP contribution >= 0.6 is 11.6 Å². The molecule has 2 aromatic carbocycles. The van der Waals surface area contributed by atoms with Crippen LogP contribution in [0.4, 0.5) is 5.69 Å². The first-order chi connectivity index (χ1) is 18.1. The highest BCUT2D eigenvalue weighted by Gasteiger charge is 2.29. The molecule has 0 aromatic heterocycles. The molecule has 1 aliphatic carbocycles. The van der Waals surface area contributed by atoms with Gasteiger partial charge in [-0.15, -0.1) is 0 Å². The van der Waals surface area contributed by atoms with Gasteiger partial charge in [-0.3, -0.25) is 13.9 Å². The smallest absolute Gasteiger partial charge is 0.242 e. The molecule has 38 heavy (non-hydrogen) atoms. The summed E-state index contributed by atoms with van der Waals surface area (Å²) in [5, 5.41) is 3.64. The van der Waals surface area contributed by atoms with Gasteiger partial charge in [-0.25, -0.2) is 8.42 Å². The lowest BCUT2D eigenvalue weighted by Gasteiger charge is -2.31. The fourth-order valence-corrected chi connectivity index (χ4v) is 5.87. The minimum atomic E-state index is -3.57. The van der Waals surface area contributed by atoms with Gasteiger partial charge in [0.25, 0.3) is 0 Å². The summed E-state index contributed by atoms with van der Waals surface area (Å²) in [6.07, 6.45) is 6.76. The van der Waals surface area contributed by atoms with Gasteiger partial charge in [0.15, 0.2) is 0 Å². The number of halogens is 1. The monoisotopic (exact) mass is 563 g/mol. The molecule has 1 aliphatic rings. The number of methoxy groups -OCH3 is 1. The predicted molar refractivity (Wildman–Crippen MR) is 151 cm³/mol. The Morgan fingerprint density at radius 1 is 1.08 bits per heavy atom. The van der Waals surface area contributed by atoms with Crippen LogP contribution in [0, 0.1) is 0 Å². The van der Waals surface area contributed by atoms with Gasteiger partial charge in [0.1, 0.15) is 11.8 Å². The van der Waals surface area contributed by atoms with Crippen LogP contribution in [0.15, 0.2) is 48.5 Å². The van der Waals surface area contributed by atoms with Crippen LogP contribution in [0.3, 0.4) is 0 Å². The minimum Gasteiger partial charge on any atom is -0.497 e. The van der Waals surface area contributed by atoms with Crippen LogP contribution < -0.4 is 14.4 Å². The normalized spacial score (nSPS) is 14.9. The highest BCUT2D eigenvalue weighted by atomic mass is 35.5. The maximum Gasteiger partial charge on any atom is 0.242 e. The van der Waals surface area contributed by atoms with Crippen molar-refractivity contribution < 1.29 is 22.7 Å². The molecule has 0 unspecified atom stereocenters. The van der Waals surface area contributed by atoms with Crippen molar-refractivity contribution in [1.82, 2.24) is 10.2 Å². The standard InChI is InChI=1S/C28H38ClN3O5S/c1-21(28(34)30-23-11-5-4-6-12-23)31(20-22-10-7-8-13-26(22)29)27(33)14-9-19-32(38(3,35)36)24-15-17-25(37-2)18-16-24/h7-8,10,13,15-18,21,23H,4-6,9,11-12,14,19-20H2,1-3H3,(H,30,34)/t21-/m0/s1. The van der Waals surface area contributed by atoms with Crippen molar-refractivity contribution in [3.05, 3.63) is 59.1 Å². The van der Waals surface area contributed by atoms with Crippen molar-refractivity contribution in [2.24, 2.45) is 0 Å². The zero-order valence-electron chi connectivity index (χ0n) is 22.4. The predicted octanol–water partition coefficient (Wildman–Crippen LogP) is 4.76. The average molecular weight is 564 g/mol. The first-order valence-corrected chi connectivity index (χ1v) is 15.3. The van der Waals surface area contributed by atoms with Crippen molar-refractivity contribution >= 4 is 39.1 Å². The third kappa shape index (κ3) is 8.36. The summed E-state index contributed by atoms with van der Waals surface area (Å²) < 4.78 is 31.4. The molecule has 10 heteroatoms. The molecule has 0 saturated heterocycles. The number of carbonyl (C=O) groups excluding carboxylic acids is 2. The van der Waals surface area contributed by atoms with Crippen LogP contribution in [0.2, 0.25) is 5.02 Å². The number of carbonyl (C=O) groups is 2. The molecule has 0 heterocycles. The third-order valence-electron chi connectivity index (χ3n) is 6.93. The Bertz CT molecular complexity index is 1180. The molecule has 1 atom stereocenters. The number of hydrogen-bond donors (Lipinski definition) is 1. The van der Waals surface area contributed by atoms with E-state index >= 15 is 0 Å². The molecule has 0 aliphatic heterocycles. The second kappa shape index (κ2) is 13.8. The molecule has 0 bridgehead atoms. The average Bonchev–Trinajstić information content (AvgIpc) is 2.90. The van der Waals surface area contributed by atoms with Crippen molar-refractivity contribution in [2.45, 2.75) is 70.5 Å². The molecule has 1 saturated carbocycles. The molecule has 3 rings (SSSR count). The summed E-state index contributed by atoms with van der Waals surface area (Å²) in [5.41, 5.74) is 1.24. The van der Waals surface area contributed by atoms with E-state index in [1.807, 2.05) is 18.2 Å². The Morgan fingerprint density at radius 3 is 2.34 bits per heavy atom. The number of hydrogen-bond acceptors (Lipinski definition) is 5. The second-order valence-corrected chi connectivity index (χ2v) is 12.1. The zero-order valence-corrected chi connectivity index (χ0v) is 23.9. The molecule has 8 nitrogen and oxygen atoms in total. The van der Waals surface area contributed by atoms with Crippen molar-refractivity contribution in [3.63, 3.8) is 0 Å². The summed E-state index contributed by atoms with van der Waals surface area (Å²) in [7, 11) is -2.03. The molecule has 0 radical (unpaired) electrons. The van der Waals surface area contributed by atoms with E-state index in [1.165, 1.54) is 15.6 Å². The molecule has 1 fully saturated rings. The molecular formula is C28H38ClN3O5S. The molecule has 2 amide bonds. The summed E-state index contributed by atoms with van der Waals surface area (Å²) in [5.74, 6) is 0.195. The number of benzene rings is 2. The maximum atomic E-state index is 13.5. The number of nitrogens with zero attached hydrogens (tertiary/aromatic N) is 2. The van der Waals surface area contributed by atoms with E-state index in [0.717, 1.165) is 37.5 Å². The number of rotatable bonds is 12. The van der Waals surface area contributed by atoms with Gasteiger partial charge in [-0.05, 0) is 62.1 Å². The summed E-state index contributed by atoms with van der Waals surface area (Å²) in [4.78, 5) is 28.2. The lowest BCUT2D eigenvalue weighted by Crippen LogP contribution is -2.50. The molecule has 2 aromatic rings. The molecule has 1 N–H and O–H groups in total. The Morgan fingerprint density at radius 2 is 1.74 bits per heavy atom. The quantitative estimate of drug-likeness (QED) is 0.401. The van der Waals surface area contributed by atoms with E-state index < -0.39 is 16.1 Å². The number of anilines is 1. The van der Waals surface area contributed by atoms with Crippen molar-refractivity contribution in [3.8, 4) is 5.75 Å². The van der Waals surface area contributed by atoms with Gasteiger partial charge in [0.05, 0.1) is 19.1 Å². The summed E-state index contributed by atoms with van der Waals surface area (Å²) >= 11 is 6.38. The van der Waals surface area contributed by atoms with Crippen LogP contribution in [0.25, 0.3) is 0 Å². The van der Waals surface area contributed by atoms with Gasteiger partial charge in [0.2, 0.25) is 21.8 Å². The van der Waals surface area contributed by atoms with E-state index in [0.29, 0.717) is 16.5 Å². The van der Waals surface area contributed by atoms with Crippen molar-refractivity contribution in [1.29, 1.82) is 0 Å². The van der Waals surface area contributed by atoms with E-state index in [1.54, 1.807) is 44.4 Å². The maximum absolute atomic E-state index is 13.5. The Balaban J connectivity index is 1.71. The Kier molecular flexibility index (Phi) is 10.8. The first kappa shape index (κ1) is 29.8. The van der Waals surface area contributed by atoms with Gasteiger partial charge in [0, 0.05) is 30.6 Å². The zero-order chi connectivity index (χ0) is 27.7. The fourth-order valence-electron chi connectivity index (χ4n) is 4.71. The number of nitrogens with one attached hydrogen (secondary N) is 1. The number of amides is 2. The molecule has 0 spiro atoms. The third-order valence-corrected chi connectivity index (χ3v) is 8.49.